The summed E-state index contributed by atoms with van der Waals surface area (Å²) in [6.45, 7) is 5.14. The number of hydrogen-bond acceptors (Lipinski definition) is 7. The van der Waals surface area contributed by atoms with Crippen molar-refractivity contribution >= 4 is 17.5 Å². The van der Waals surface area contributed by atoms with Crippen molar-refractivity contribution in [2.24, 2.45) is 7.05 Å². The minimum absolute atomic E-state index is 0.0542. The summed E-state index contributed by atoms with van der Waals surface area (Å²) in [7, 11) is 1.82. The first-order valence-corrected chi connectivity index (χ1v) is 9.17. The van der Waals surface area contributed by atoms with Gasteiger partial charge in [-0.1, -0.05) is 18.2 Å². The van der Waals surface area contributed by atoms with Crippen LogP contribution in [-0.2, 0) is 7.05 Å². The third-order valence-corrected chi connectivity index (χ3v) is 4.65. The molecule has 0 amide bonds. The highest BCUT2D eigenvalue weighted by Gasteiger charge is 2.26. The van der Waals surface area contributed by atoms with Gasteiger partial charge in [-0.15, -0.1) is 10.2 Å². The standard InChI is InChI=1S/C20H19N7O3/c1-12-11-25(4)24-16(12)10-17(26-14(3)18(27(28)29)13(2)23-26)20-22-21-19(30-20)15-8-6-5-7-9-15/h5-11H,1-4H3/b17-10+. The largest absolute Gasteiger partial charge is 0.415 e. The van der Waals surface area contributed by atoms with Crippen LogP contribution < -0.4 is 0 Å². The monoisotopic (exact) mass is 405 g/mol. The highest BCUT2D eigenvalue weighted by atomic mass is 16.6. The number of hydrogen-bond donors (Lipinski definition) is 0. The van der Waals surface area contributed by atoms with Gasteiger partial charge in [-0.05, 0) is 44.5 Å². The van der Waals surface area contributed by atoms with Gasteiger partial charge in [0.15, 0.2) is 0 Å². The van der Waals surface area contributed by atoms with E-state index in [1.807, 2.05) is 50.5 Å². The highest BCUT2D eigenvalue weighted by Crippen LogP contribution is 2.29. The van der Waals surface area contributed by atoms with Gasteiger partial charge in [0.25, 0.3) is 5.89 Å². The van der Waals surface area contributed by atoms with Crippen LogP contribution in [0.4, 0.5) is 5.69 Å². The predicted molar refractivity (Wildman–Crippen MR) is 109 cm³/mol. The average molecular weight is 405 g/mol. The Labute approximate surface area is 171 Å². The average Bonchev–Trinajstić information content (AvgIpc) is 3.38. The van der Waals surface area contributed by atoms with Crippen LogP contribution in [0, 0.1) is 30.9 Å². The van der Waals surface area contributed by atoms with E-state index in [9.17, 15) is 10.1 Å². The molecule has 10 nitrogen and oxygen atoms in total. The van der Waals surface area contributed by atoms with E-state index < -0.39 is 4.92 Å². The highest BCUT2D eigenvalue weighted by molar-refractivity contribution is 5.78. The van der Waals surface area contributed by atoms with Crippen molar-refractivity contribution in [2.45, 2.75) is 20.8 Å². The number of rotatable bonds is 5. The lowest BCUT2D eigenvalue weighted by Crippen LogP contribution is -2.05. The molecule has 0 spiro atoms. The Morgan fingerprint density at radius 3 is 2.47 bits per heavy atom. The first-order valence-electron chi connectivity index (χ1n) is 9.17. The summed E-state index contributed by atoms with van der Waals surface area (Å²) in [4.78, 5) is 11.0. The fourth-order valence-electron chi connectivity index (χ4n) is 3.27. The fourth-order valence-corrected chi connectivity index (χ4v) is 3.27. The Balaban J connectivity index is 1.90. The van der Waals surface area contributed by atoms with Crippen LogP contribution >= 0.6 is 0 Å². The van der Waals surface area contributed by atoms with Crippen molar-refractivity contribution in [3.8, 4) is 11.5 Å². The van der Waals surface area contributed by atoms with Crippen LogP contribution in [0.5, 0.6) is 0 Å². The first-order chi connectivity index (χ1) is 14.3. The van der Waals surface area contributed by atoms with Gasteiger partial charge < -0.3 is 4.42 Å². The summed E-state index contributed by atoms with van der Waals surface area (Å²) in [5.74, 6) is 0.518. The lowest BCUT2D eigenvalue weighted by Gasteiger charge is -2.05. The molecule has 0 unspecified atom stereocenters. The first kappa shape index (κ1) is 19.2. The molecule has 3 aromatic heterocycles. The van der Waals surface area contributed by atoms with E-state index in [0.29, 0.717) is 28.7 Å². The number of nitrogens with zero attached hydrogens (tertiary/aromatic N) is 7. The fraction of sp³-hybridized carbons (Fsp3) is 0.200. The molecule has 1 aromatic carbocycles. The van der Waals surface area contributed by atoms with Crippen molar-refractivity contribution in [2.75, 3.05) is 0 Å². The Bertz CT molecular complexity index is 1270. The van der Waals surface area contributed by atoms with Crippen molar-refractivity contribution in [3.63, 3.8) is 0 Å². The molecule has 3 heterocycles. The molecule has 0 atom stereocenters. The summed E-state index contributed by atoms with van der Waals surface area (Å²) >= 11 is 0. The summed E-state index contributed by atoms with van der Waals surface area (Å²) in [5.41, 5.74) is 3.36. The SMILES string of the molecule is Cc1cn(C)nc1/C=C(\c1nnc(-c2ccccc2)o1)n1nc(C)c([N+](=O)[O-])c1C. The molecular weight excluding hydrogens is 386 g/mol. The molecule has 0 aliphatic carbocycles. The van der Waals surface area contributed by atoms with Crippen LogP contribution in [0.15, 0.2) is 40.9 Å². The molecule has 0 aliphatic heterocycles. The molecule has 10 heteroatoms. The Morgan fingerprint density at radius 1 is 1.13 bits per heavy atom. The van der Waals surface area contributed by atoms with E-state index in [1.165, 1.54) is 4.68 Å². The second kappa shape index (κ2) is 7.39. The van der Waals surface area contributed by atoms with E-state index in [-0.39, 0.29) is 11.6 Å². The summed E-state index contributed by atoms with van der Waals surface area (Å²) in [6, 6.07) is 9.36. The molecular formula is C20H19N7O3. The molecule has 4 aromatic rings. The van der Waals surface area contributed by atoms with Crippen LogP contribution in [0.2, 0.25) is 0 Å². The molecule has 0 fully saturated rings. The quantitative estimate of drug-likeness (QED) is 0.368. The molecule has 152 valence electrons. The normalized spacial score (nSPS) is 11.8. The van der Waals surface area contributed by atoms with Crippen molar-refractivity contribution in [1.82, 2.24) is 29.8 Å². The number of nitro groups is 1. The second-order valence-electron chi connectivity index (χ2n) is 6.87. The number of aryl methyl sites for hydroxylation is 3. The maximum Gasteiger partial charge on any atom is 0.313 e. The zero-order chi connectivity index (χ0) is 21.4. The van der Waals surface area contributed by atoms with E-state index >= 15 is 0 Å². The number of benzene rings is 1. The zero-order valence-electron chi connectivity index (χ0n) is 16.9. The van der Waals surface area contributed by atoms with Gasteiger partial charge >= 0.3 is 5.69 Å². The van der Waals surface area contributed by atoms with Gasteiger partial charge in [0.05, 0.1) is 10.6 Å². The topological polar surface area (TPSA) is 118 Å². The predicted octanol–water partition coefficient (Wildman–Crippen LogP) is 3.55. The maximum atomic E-state index is 11.5. The molecule has 0 bridgehead atoms. The molecule has 4 rings (SSSR count). The summed E-state index contributed by atoms with van der Waals surface area (Å²) in [6.07, 6.45) is 3.61. The zero-order valence-corrected chi connectivity index (χ0v) is 16.9. The minimum atomic E-state index is -0.443. The van der Waals surface area contributed by atoms with Gasteiger partial charge in [-0.3, -0.25) is 14.8 Å². The molecule has 0 saturated heterocycles. The lowest BCUT2D eigenvalue weighted by molar-refractivity contribution is -0.386. The van der Waals surface area contributed by atoms with Crippen molar-refractivity contribution in [1.29, 1.82) is 0 Å². The molecule has 0 radical (unpaired) electrons. The number of aromatic nitrogens is 6. The van der Waals surface area contributed by atoms with Crippen LogP contribution in [0.1, 0.15) is 28.5 Å². The van der Waals surface area contributed by atoms with Gasteiger partial charge in [0, 0.05) is 18.8 Å². The third kappa shape index (κ3) is 3.39. The van der Waals surface area contributed by atoms with E-state index in [0.717, 1.165) is 11.1 Å². The summed E-state index contributed by atoms with van der Waals surface area (Å²) in [5, 5.41) is 28.6. The maximum absolute atomic E-state index is 11.5. The Hall–Kier alpha value is -4.08. The van der Waals surface area contributed by atoms with Crippen LogP contribution in [0.25, 0.3) is 23.2 Å². The molecule has 0 aliphatic rings. The van der Waals surface area contributed by atoms with Gasteiger partial charge in [-0.2, -0.15) is 10.2 Å². The van der Waals surface area contributed by atoms with Crippen LogP contribution in [-0.4, -0.2) is 34.7 Å². The second-order valence-corrected chi connectivity index (χ2v) is 6.87. The third-order valence-electron chi connectivity index (χ3n) is 4.65. The van der Waals surface area contributed by atoms with E-state index in [2.05, 4.69) is 20.4 Å². The smallest absolute Gasteiger partial charge is 0.313 e. The molecule has 30 heavy (non-hydrogen) atoms. The van der Waals surface area contributed by atoms with Gasteiger partial charge in [0.1, 0.15) is 17.1 Å². The van der Waals surface area contributed by atoms with E-state index in [1.54, 1.807) is 24.6 Å². The van der Waals surface area contributed by atoms with E-state index in [4.69, 9.17) is 4.42 Å². The molecule has 0 N–H and O–H groups in total. The lowest BCUT2D eigenvalue weighted by atomic mass is 10.2. The Morgan fingerprint density at radius 2 is 1.87 bits per heavy atom. The summed E-state index contributed by atoms with van der Waals surface area (Å²) < 4.78 is 9.05. The van der Waals surface area contributed by atoms with Gasteiger partial charge in [0.2, 0.25) is 5.89 Å². The van der Waals surface area contributed by atoms with Gasteiger partial charge in [-0.25, -0.2) is 4.68 Å². The Kier molecular flexibility index (Phi) is 4.74. The van der Waals surface area contributed by atoms with Crippen LogP contribution in [0.3, 0.4) is 0 Å². The molecule has 0 saturated carbocycles. The van der Waals surface area contributed by atoms with Crippen molar-refractivity contribution in [3.05, 3.63) is 75.2 Å². The van der Waals surface area contributed by atoms with Crippen molar-refractivity contribution < 1.29 is 9.34 Å². The minimum Gasteiger partial charge on any atom is -0.415 e.